The van der Waals surface area contributed by atoms with Crippen molar-refractivity contribution >= 4 is 17.6 Å². The minimum absolute atomic E-state index is 0.138. The Balaban J connectivity index is 1.94. The SMILES string of the molecule is Nc1nc(Nc2ccccc2)nc(-n2cccn2)n1. The van der Waals surface area contributed by atoms with Crippen molar-refractivity contribution in [3.05, 3.63) is 48.8 Å². The van der Waals surface area contributed by atoms with Gasteiger partial charge in [0.1, 0.15) is 0 Å². The molecule has 0 aliphatic heterocycles. The van der Waals surface area contributed by atoms with E-state index in [-0.39, 0.29) is 5.95 Å². The van der Waals surface area contributed by atoms with Crippen LogP contribution in [0.3, 0.4) is 0 Å². The molecule has 0 unspecified atom stereocenters. The van der Waals surface area contributed by atoms with Gasteiger partial charge in [0.25, 0.3) is 5.95 Å². The van der Waals surface area contributed by atoms with E-state index < -0.39 is 0 Å². The maximum atomic E-state index is 5.68. The van der Waals surface area contributed by atoms with E-state index in [0.29, 0.717) is 11.9 Å². The minimum Gasteiger partial charge on any atom is -0.368 e. The highest BCUT2D eigenvalue weighted by Gasteiger charge is 2.06. The third-order valence-corrected chi connectivity index (χ3v) is 2.38. The van der Waals surface area contributed by atoms with Crippen LogP contribution in [-0.2, 0) is 0 Å². The normalized spacial score (nSPS) is 10.3. The first-order chi connectivity index (χ1) is 9.31. The highest BCUT2D eigenvalue weighted by Crippen LogP contribution is 2.13. The van der Waals surface area contributed by atoms with Crippen LogP contribution >= 0.6 is 0 Å². The molecule has 3 aromatic rings. The molecular weight excluding hydrogens is 242 g/mol. The first-order valence-electron chi connectivity index (χ1n) is 5.65. The number of anilines is 3. The summed E-state index contributed by atoms with van der Waals surface area (Å²) in [4.78, 5) is 12.3. The van der Waals surface area contributed by atoms with Crippen LogP contribution in [0.15, 0.2) is 48.8 Å². The molecule has 0 spiro atoms. The Kier molecular flexibility index (Phi) is 2.77. The molecule has 94 valence electrons. The Hall–Kier alpha value is -2.96. The van der Waals surface area contributed by atoms with Gasteiger partial charge in [-0.15, -0.1) is 0 Å². The fourth-order valence-corrected chi connectivity index (χ4v) is 1.58. The highest BCUT2D eigenvalue weighted by atomic mass is 15.4. The lowest BCUT2D eigenvalue weighted by Crippen LogP contribution is -2.09. The van der Waals surface area contributed by atoms with E-state index in [1.165, 1.54) is 4.68 Å². The van der Waals surface area contributed by atoms with Gasteiger partial charge in [0, 0.05) is 18.1 Å². The van der Waals surface area contributed by atoms with Crippen LogP contribution in [-0.4, -0.2) is 24.7 Å². The fourth-order valence-electron chi connectivity index (χ4n) is 1.58. The molecule has 1 aromatic carbocycles. The first kappa shape index (κ1) is 11.1. The van der Waals surface area contributed by atoms with Crippen molar-refractivity contribution < 1.29 is 0 Å². The number of nitrogens with zero attached hydrogens (tertiary/aromatic N) is 5. The van der Waals surface area contributed by atoms with Gasteiger partial charge in [-0.3, -0.25) is 0 Å². The smallest absolute Gasteiger partial charge is 0.257 e. The molecule has 0 atom stereocenters. The molecule has 0 aliphatic carbocycles. The summed E-state index contributed by atoms with van der Waals surface area (Å²) in [6.07, 6.45) is 3.38. The first-order valence-corrected chi connectivity index (χ1v) is 5.65. The Morgan fingerprint density at radius 1 is 1.00 bits per heavy atom. The van der Waals surface area contributed by atoms with E-state index in [2.05, 4.69) is 25.4 Å². The van der Waals surface area contributed by atoms with Crippen LogP contribution in [0, 0.1) is 0 Å². The second-order valence-electron chi connectivity index (χ2n) is 3.76. The van der Waals surface area contributed by atoms with Crippen molar-refractivity contribution in [3.8, 4) is 5.95 Å². The van der Waals surface area contributed by atoms with Gasteiger partial charge >= 0.3 is 0 Å². The van der Waals surface area contributed by atoms with Gasteiger partial charge in [-0.05, 0) is 18.2 Å². The number of nitrogen functional groups attached to an aromatic ring is 1. The van der Waals surface area contributed by atoms with Gasteiger partial charge in [-0.25, -0.2) is 4.68 Å². The molecule has 19 heavy (non-hydrogen) atoms. The standard InChI is InChI=1S/C12H11N7/c13-10-16-11(15-9-5-2-1-3-6-9)18-12(17-10)19-8-4-7-14-19/h1-8H,(H3,13,15,16,17,18). The molecule has 0 aliphatic rings. The minimum atomic E-state index is 0.138. The molecular formula is C12H11N7. The Labute approximate surface area is 109 Å². The zero-order valence-electron chi connectivity index (χ0n) is 9.93. The van der Waals surface area contributed by atoms with Gasteiger partial charge in [0.05, 0.1) is 0 Å². The summed E-state index contributed by atoms with van der Waals surface area (Å²) in [6.45, 7) is 0. The number of nitrogens with one attached hydrogen (secondary N) is 1. The number of benzene rings is 1. The summed E-state index contributed by atoms with van der Waals surface area (Å²) < 4.78 is 1.52. The van der Waals surface area contributed by atoms with Crippen molar-refractivity contribution in [1.29, 1.82) is 0 Å². The molecule has 3 N–H and O–H groups in total. The summed E-state index contributed by atoms with van der Waals surface area (Å²) in [7, 11) is 0. The molecule has 7 heteroatoms. The van der Waals surface area contributed by atoms with Crippen molar-refractivity contribution in [2.75, 3.05) is 11.1 Å². The van der Waals surface area contributed by atoms with Crippen LogP contribution in [0.5, 0.6) is 0 Å². The van der Waals surface area contributed by atoms with Crippen LogP contribution in [0.1, 0.15) is 0 Å². The maximum absolute atomic E-state index is 5.68. The van der Waals surface area contributed by atoms with Gasteiger partial charge < -0.3 is 11.1 Å². The van der Waals surface area contributed by atoms with Crippen molar-refractivity contribution in [1.82, 2.24) is 24.7 Å². The molecule has 0 radical (unpaired) electrons. The second-order valence-corrected chi connectivity index (χ2v) is 3.76. The number of hydrogen-bond acceptors (Lipinski definition) is 6. The Morgan fingerprint density at radius 2 is 1.84 bits per heavy atom. The van der Waals surface area contributed by atoms with Gasteiger partial charge in [0.2, 0.25) is 11.9 Å². The van der Waals surface area contributed by atoms with Crippen LogP contribution in [0.25, 0.3) is 5.95 Å². The van der Waals surface area contributed by atoms with E-state index in [9.17, 15) is 0 Å². The van der Waals surface area contributed by atoms with Gasteiger partial charge in [-0.2, -0.15) is 20.1 Å². The van der Waals surface area contributed by atoms with Gasteiger partial charge in [-0.1, -0.05) is 18.2 Å². The van der Waals surface area contributed by atoms with Crippen molar-refractivity contribution in [2.24, 2.45) is 0 Å². The van der Waals surface area contributed by atoms with Crippen molar-refractivity contribution in [2.45, 2.75) is 0 Å². The summed E-state index contributed by atoms with van der Waals surface area (Å²) >= 11 is 0. The van der Waals surface area contributed by atoms with Crippen LogP contribution in [0.2, 0.25) is 0 Å². The monoisotopic (exact) mass is 253 g/mol. The van der Waals surface area contributed by atoms with E-state index in [1.54, 1.807) is 18.5 Å². The van der Waals surface area contributed by atoms with Crippen LogP contribution < -0.4 is 11.1 Å². The number of hydrogen-bond donors (Lipinski definition) is 2. The third-order valence-electron chi connectivity index (χ3n) is 2.38. The lowest BCUT2D eigenvalue weighted by molar-refractivity contribution is 0.801. The van der Waals surface area contributed by atoms with E-state index in [1.807, 2.05) is 30.3 Å². The fraction of sp³-hybridized carbons (Fsp3) is 0. The third kappa shape index (κ3) is 2.49. The lowest BCUT2D eigenvalue weighted by atomic mass is 10.3. The molecule has 0 saturated carbocycles. The quantitative estimate of drug-likeness (QED) is 0.732. The predicted octanol–water partition coefficient (Wildman–Crippen LogP) is 1.38. The van der Waals surface area contributed by atoms with E-state index >= 15 is 0 Å². The van der Waals surface area contributed by atoms with E-state index in [4.69, 9.17) is 5.73 Å². The zero-order valence-corrected chi connectivity index (χ0v) is 9.93. The highest BCUT2D eigenvalue weighted by molar-refractivity contribution is 5.53. The summed E-state index contributed by atoms with van der Waals surface area (Å²) in [5, 5.41) is 7.12. The molecule has 7 nitrogen and oxygen atoms in total. The van der Waals surface area contributed by atoms with Gasteiger partial charge in [0.15, 0.2) is 0 Å². The summed E-state index contributed by atoms with van der Waals surface area (Å²) in [6, 6.07) is 11.4. The molecule has 3 rings (SSSR count). The lowest BCUT2D eigenvalue weighted by Gasteiger charge is -2.06. The second kappa shape index (κ2) is 4.73. The summed E-state index contributed by atoms with van der Waals surface area (Å²) in [5.41, 5.74) is 6.55. The Morgan fingerprint density at radius 3 is 2.58 bits per heavy atom. The predicted molar refractivity (Wildman–Crippen MR) is 71.1 cm³/mol. The van der Waals surface area contributed by atoms with E-state index in [0.717, 1.165) is 5.69 Å². The molecule has 0 fully saturated rings. The molecule has 2 aromatic heterocycles. The topological polar surface area (TPSA) is 94.5 Å². The van der Waals surface area contributed by atoms with Crippen molar-refractivity contribution in [3.63, 3.8) is 0 Å². The number of para-hydroxylation sites is 1. The molecule has 0 amide bonds. The summed E-state index contributed by atoms with van der Waals surface area (Å²) in [5.74, 6) is 0.888. The Bertz CT molecular complexity index is 664. The molecule has 0 bridgehead atoms. The average molecular weight is 253 g/mol. The van der Waals surface area contributed by atoms with Crippen LogP contribution in [0.4, 0.5) is 17.6 Å². The number of aromatic nitrogens is 5. The molecule has 0 saturated heterocycles. The maximum Gasteiger partial charge on any atom is 0.257 e. The number of nitrogens with two attached hydrogens (primary N) is 1. The number of rotatable bonds is 3. The zero-order chi connectivity index (χ0) is 13.1. The molecule has 2 heterocycles. The average Bonchev–Trinajstić information content (AvgIpc) is 2.93. The largest absolute Gasteiger partial charge is 0.368 e.